The molecule has 1 unspecified atom stereocenters. The third-order valence-corrected chi connectivity index (χ3v) is 3.74. The summed E-state index contributed by atoms with van der Waals surface area (Å²) in [6, 6.07) is 0.832. The van der Waals surface area contributed by atoms with Crippen molar-refractivity contribution in [3.05, 3.63) is 18.0 Å². The molecule has 4 heteroatoms. The van der Waals surface area contributed by atoms with E-state index in [-0.39, 0.29) is 0 Å². The molecule has 1 aliphatic rings. The van der Waals surface area contributed by atoms with Gasteiger partial charge in [-0.2, -0.15) is 0 Å². The Kier molecular flexibility index (Phi) is 4.93. The normalized spacial score (nSPS) is 18.6. The third-order valence-electron chi connectivity index (χ3n) is 3.74. The number of nitrogens with one attached hydrogen (secondary N) is 1. The van der Waals surface area contributed by atoms with E-state index in [9.17, 15) is 0 Å². The molecule has 2 rings (SSSR count). The van der Waals surface area contributed by atoms with Gasteiger partial charge >= 0.3 is 6.01 Å². The fourth-order valence-electron chi connectivity index (χ4n) is 2.84. The van der Waals surface area contributed by atoms with Gasteiger partial charge in [0, 0.05) is 24.0 Å². The average Bonchev–Trinajstić information content (AvgIpc) is 2.46. The number of nitrogens with zero attached hydrogens (tertiary/aromatic N) is 2. The van der Waals surface area contributed by atoms with E-state index < -0.39 is 0 Å². The van der Waals surface area contributed by atoms with Crippen LogP contribution in [0.15, 0.2) is 12.4 Å². The quantitative estimate of drug-likeness (QED) is 0.871. The molecule has 0 aliphatic heterocycles. The van der Waals surface area contributed by atoms with Crippen LogP contribution in [0.25, 0.3) is 0 Å². The number of rotatable bonds is 5. The Bertz CT molecular complexity index is 347. The van der Waals surface area contributed by atoms with E-state index in [1.807, 2.05) is 12.4 Å². The molecule has 1 aromatic rings. The minimum atomic E-state index is 0.390. The highest BCUT2D eigenvalue weighted by atomic mass is 16.5. The zero-order valence-corrected chi connectivity index (χ0v) is 11.4. The first-order valence-electron chi connectivity index (χ1n) is 6.94. The summed E-state index contributed by atoms with van der Waals surface area (Å²) in [5.74, 6) is 0.718. The topological polar surface area (TPSA) is 47.0 Å². The summed E-state index contributed by atoms with van der Waals surface area (Å²) >= 11 is 0. The number of hydrogen-bond donors (Lipinski definition) is 1. The van der Waals surface area contributed by atoms with Crippen LogP contribution < -0.4 is 10.1 Å². The molecule has 1 aromatic heterocycles. The van der Waals surface area contributed by atoms with E-state index in [2.05, 4.69) is 22.2 Å². The van der Waals surface area contributed by atoms with Gasteiger partial charge in [0.1, 0.15) is 0 Å². The zero-order valence-electron chi connectivity index (χ0n) is 11.4. The maximum atomic E-state index is 5.01. The largest absolute Gasteiger partial charge is 0.467 e. The van der Waals surface area contributed by atoms with Crippen molar-refractivity contribution in [3.63, 3.8) is 0 Å². The number of aromatic nitrogens is 2. The van der Waals surface area contributed by atoms with Crippen LogP contribution in [-0.4, -0.2) is 23.6 Å². The van der Waals surface area contributed by atoms with Crippen molar-refractivity contribution in [2.45, 2.75) is 45.1 Å². The van der Waals surface area contributed by atoms with Gasteiger partial charge in [-0.05, 0) is 25.3 Å². The minimum Gasteiger partial charge on any atom is -0.467 e. The first-order valence-corrected chi connectivity index (χ1v) is 6.94. The SMILES string of the molecule is CCNC(c1cnc(OC)nc1)C1CCCCC1. The third kappa shape index (κ3) is 3.19. The maximum Gasteiger partial charge on any atom is 0.316 e. The summed E-state index contributed by atoms with van der Waals surface area (Å²) < 4.78 is 5.01. The van der Waals surface area contributed by atoms with Crippen LogP contribution in [0.1, 0.15) is 50.6 Å². The standard InChI is InChI=1S/C14H23N3O/c1-3-15-13(11-7-5-4-6-8-11)12-9-16-14(18-2)17-10-12/h9-11,13,15H,3-8H2,1-2H3. The lowest BCUT2D eigenvalue weighted by atomic mass is 9.82. The predicted molar refractivity (Wildman–Crippen MR) is 71.6 cm³/mol. The molecular weight excluding hydrogens is 226 g/mol. The molecule has 1 aliphatic carbocycles. The number of methoxy groups -OCH3 is 1. The van der Waals surface area contributed by atoms with Gasteiger partial charge in [0.2, 0.25) is 0 Å². The summed E-state index contributed by atoms with van der Waals surface area (Å²) in [4.78, 5) is 8.44. The second kappa shape index (κ2) is 6.69. The molecule has 18 heavy (non-hydrogen) atoms. The Morgan fingerprint density at radius 1 is 1.28 bits per heavy atom. The van der Waals surface area contributed by atoms with E-state index >= 15 is 0 Å². The van der Waals surface area contributed by atoms with Crippen molar-refractivity contribution in [3.8, 4) is 6.01 Å². The van der Waals surface area contributed by atoms with Crippen molar-refractivity contribution in [2.75, 3.05) is 13.7 Å². The molecule has 1 saturated carbocycles. The highest BCUT2D eigenvalue weighted by Gasteiger charge is 2.24. The van der Waals surface area contributed by atoms with Gasteiger partial charge in [-0.1, -0.05) is 26.2 Å². The van der Waals surface area contributed by atoms with E-state index in [4.69, 9.17) is 4.74 Å². The van der Waals surface area contributed by atoms with Crippen LogP contribution in [-0.2, 0) is 0 Å². The fraction of sp³-hybridized carbons (Fsp3) is 0.714. The van der Waals surface area contributed by atoms with Gasteiger partial charge in [0.15, 0.2) is 0 Å². The average molecular weight is 249 g/mol. The first kappa shape index (κ1) is 13.3. The molecule has 0 radical (unpaired) electrons. The molecule has 4 nitrogen and oxygen atoms in total. The first-order chi connectivity index (χ1) is 8.85. The van der Waals surface area contributed by atoms with Crippen molar-refractivity contribution in [1.29, 1.82) is 0 Å². The van der Waals surface area contributed by atoms with Crippen LogP contribution in [0, 0.1) is 5.92 Å². The van der Waals surface area contributed by atoms with Gasteiger partial charge in [-0.15, -0.1) is 0 Å². The summed E-state index contributed by atoms with van der Waals surface area (Å²) in [7, 11) is 1.60. The van der Waals surface area contributed by atoms with Gasteiger partial charge in [-0.3, -0.25) is 0 Å². The second-order valence-electron chi connectivity index (χ2n) is 4.94. The van der Waals surface area contributed by atoms with Crippen LogP contribution in [0.2, 0.25) is 0 Å². The number of ether oxygens (including phenoxy) is 1. The van der Waals surface area contributed by atoms with Gasteiger partial charge in [-0.25, -0.2) is 9.97 Å². The predicted octanol–water partition coefficient (Wildman–Crippen LogP) is 2.72. The summed E-state index contributed by atoms with van der Waals surface area (Å²) in [5.41, 5.74) is 1.18. The lowest BCUT2D eigenvalue weighted by Gasteiger charge is -2.30. The molecule has 0 amide bonds. The van der Waals surface area contributed by atoms with E-state index in [0.717, 1.165) is 12.5 Å². The van der Waals surface area contributed by atoms with Crippen molar-refractivity contribution in [2.24, 2.45) is 5.92 Å². The van der Waals surface area contributed by atoms with Gasteiger partial charge in [0.25, 0.3) is 0 Å². The number of hydrogen-bond acceptors (Lipinski definition) is 4. The fourth-order valence-corrected chi connectivity index (χ4v) is 2.84. The monoisotopic (exact) mass is 249 g/mol. The lowest BCUT2D eigenvalue weighted by molar-refractivity contribution is 0.273. The molecule has 1 atom stereocenters. The van der Waals surface area contributed by atoms with E-state index in [0.29, 0.717) is 12.1 Å². The highest BCUT2D eigenvalue weighted by Crippen LogP contribution is 2.34. The zero-order chi connectivity index (χ0) is 12.8. The molecule has 1 fully saturated rings. The Balaban J connectivity index is 2.11. The van der Waals surface area contributed by atoms with Crippen LogP contribution in [0.4, 0.5) is 0 Å². The lowest BCUT2D eigenvalue weighted by Crippen LogP contribution is -2.29. The highest BCUT2D eigenvalue weighted by molar-refractivity contribution is 5.14. The van der Waals surface area contributed by atoms with Gasteiger partial charge in [0.05, 0.1) is 7.11 Å². The van der Waals surface area contributed by atoms with Crippen LogP contribution >= 0.6 is 0 Å². The van der Waals surface area contributed by atoms with Gasteiger partial charge < -0.3 is 10.1 Å². The Morgan fingerprint density at radius 3 is 2.50 bits per heavy atom. The molecule has 1 heterocycles. The van der Waals surface area contributed by atoms with E-state index in [1.54, 1.807) is 7.11 Å². The van der Waals surface area contributed by atoms with Crippen molar-refractivity contribution < 1.29 is 4.74 Å². The molecule has 0 saturated heterocycles. The summed E-state index contributed by atoms with van der Waals surface area (Å²) in [5, 5.41) is 3.59. The Morgan fingerprint density at radius 2 is 1.94 bits per heavy atom. The molecule has 0 bridgehead atoms. The van der Waals surface area contributed by atoms with Crippen LogP contribution in [0.5, 0.6) is 6.01 Å². The van der Waals surface area contributed by atoms with Crippen molar-refractivity contribution >= 4 is 0 Å². The Labute approximate surface area is 109 Å². The summed E-state index contributed by atoms with van der Waals surface area (Å²) in [6.45, 7) is 3.13. The molecular formula is C14H23N3O. The van der Waals surface area contributed by atoms with Crippen LogP contribution in [0.3, 0.4) is 0 Å². The summed E-state index contributed by atoms with van der Waals surface area (Å²) in [6.07, 6.45) is 10.5. The molecule has 100 valence electrons. The van der Waals surface area contributed by atoms with E-state index in [1.165, 1.54) is 37.7 Å². The second-order valence-corrected chi connectivity index (χ2v) is 4.94. The van der Waals surface area contributed by atoms with Crippen molar-refractivity contribution in [1.82, 2.24) is 15.3 Å². The Hall–Kier alpha value is -1.16. The molecule has 0 aromatic carbocycles. The molecule has 1 N–H and O–H groups in total. The minimum absolute atomic E-state index is 0.390. The molecule has 0 spiro atoms. The maximum absolute atomic E-state index is 5.01. The smallest absolute Gasteiger partial charge is 0.316 e.